The van der Waals surface area contributed by atoms with Crippen molar-refractivity contribution >= 4 is 0 Å². The molecule has 0 aromatic rings. The second-order valence-corrected chi connectivity index (χ2v) is 4.43. The van der Waals surface area contributed by atoms with Gasteiger partial charge < -0.3 is 20.4 Å². The van der Waals surface area contributed by atoms with Crippen LogP contribution in [0, 0.1) is 0 Å². The summed E-state index contributed by atoms with van der Waals surface area (Å²) in [4.78, 5) is 2.46. The number of likely N-dealkylation sites (tertiary alicyclic amines) is 1. The van der Waals surface area contributed by atoms with Crippen molar-refractivity contribution in [2.45, 2.75) is 44.8 Å². The van der Waals surface area contributed by atoms with Crippen LogP contribution >= 0.6 is 0 Å². The van der Waals surface area contributed by atoms with Crippen molar-refractivity contribution in [1.29, 1.82) is 0 Å². The van der Waals surface area contributed by atoms with E-state index in [1.165, 1.54) is 0 Å². The highest BCUT2D eigenvalue weighted by Crippen LogP contribution is 2.17. The lowest BCUT2D eigenvalue weighted by Crippen LogP contribution is -2.51. The monoisotopic (exact) mass is 216 g/mol. The number of piperidine rings is 1. The summed E-state index contributed by atoms with van der Waals surface area (Å²) in [6.45, 7) is 6.67. The molecule has 0 radical (unpaired) electrons. The van der Waals surface area contributed by atoms with E-state index in [1.54, 1.807) is 0 Å². The molecule has 0 aromatic carbocycles. The third-order valence-corrected chi connectivity index (χ3v) is 3.33. The molecule has 0 saturated carbocycles. The smallest absolute Gasteiger partial charge is 0.0607 e. The Morgan fingerprint density at radius 1 is 1.40 bits per heavy atom. The molecule has 1 aliphatic rings. The molecule has 4 nitrogen and oxygen atoms in total. The van der Waals surface area contributed by atoms with Crippen molar-refractivity contribution in [3.8, 4) is 0 Å². The Bertz CT molecular complexity index is 174. The summed E-state index contributed by atoms with van der Waals surface area (Å²) in [7, 11) is 0. The molecular formula is C11H24N2O2. The van der Waals surface area contributed by atoms with E-state index in [4.69, 9.17) is 10.2 Å². The number of hydrogen-bond donors (Lipinski definition) is 3. The van der Waals surface area contributed by atoms with Crippen molar-refractivity contribution in [3.63, 3.8) is 0 Å². The molecule has 1 fully saturated rings. The van der Waals surface area contributed by atoms with Gasteiger partial charge in [-0.15, -0.1) is 0 Å². The van der Waals surface area contributed by atoms with Gasteiger partial charge in [0.25, 0.3) is 0 Å². The number of rotatable bonds is 5. The van der Waals surface area contributed by atoms with Gasteiger partial charge >= 0.3 is 0 Å². The van der Waals surface area contributed by atoms with E-state index < -0.39 is 0 Å². The van der Waals surface area contributed by atoms with Gasteiger partial charge in [0, 0.05) is 12.1 Å². The van der Waals surface area contributed by atoms with Gasteiger partial charge in [-0.25, -0.2) is 0 Å². The third-order valence-electron chi connectivity index (χ3n) is 3.33. The maximum Gasteiger partial charge on any atom is 0.0607 e. The summed E-state index contributed by atoms with van der Waals surface area (Å²) in [6.07, 6.45) is 2.21. The minimum Gasteiger partial charge on any atom is -0.395 e. The lowest BCUT2D eigenvalue weighted by atomic mass is 9.97. The van der Waals surface area contributed by atoms with E-state index in [2.05, 4.69) is 24.1 Å². The van der Waals surface area contributed by atoms with Crippen LogP contribution in [0.25, 0.3) is 0 Å². The molecule has 1 heterocycles. The fourth-order valence-electron chi connectivity index (χ4n) is 2.34. The van der Waals surface area contributed by atoms with E-state index >= 15 is 0 Å². The topological polar surface area (TPSA) is 55.7 Å². The maximum atomic E-state index is 8.99. The van der Waals surface area contributed by atoms with Gasteiger partial charge in [-0.3, -0.25) is 0 Å². The van der Waals surface area contributed by atoms with E-state index in [0.29, 0.717) is 12.1 Å². The molecule has 0 bridgehead atoms. The molecule has 0 aliphatic carbocycles. The van der Waals surface area contributed by atoms with Crippen LogP contribution in [-0.2, 0) is 0 Å². The lowest BCUT2D eigenvalue weighted by molar-refractivity contribution is 0.112. The fraction of sp³-hybridized carbons (Fsp3) is 1.00. The van der Waals surface area contributed by atoms with E-state index in [0.717, 1.165) is 25.9 Å². The normalized spacial score (nSPS) is 28.6. The predicted molar refractivity (Wildman–Crippen MR) is 60.8 cm³/mol. The zero-order valence-electron chi connectivity index (χ0n) is 9.82. The number of hydrogen-bond acceptors (Lipinski definition) is 4. The van der Waals surface area contributed by atoms with Crippen LogP contribution in [0.5, 0.6) is 0 Å². The number of nitrogens with zero attached hydrogens (tertiary/aromatic N) is 1. The summed E-state index contributed by atoms with van der Waals surface area (Å²) in [5.74, 6) is 0. The Morgan fingerprint density at radius 2 is 2.07 bits per heavy atom. The molecule has 0 amide bonds. The van der Waals surface area contributed by atoms with Gasteiger partial charge in [0.05, 0.1) is 19.3 Å². The highest BCUT2D eigenvalue weighted by Gasteiger charge is 2.25. The van der Waals surface area contributed by atoms with Gasteiger partial charge in [-0.2, -0.15) is 0 Å². The van der Waals surface area contributed by atoms with Crippen LogP contribution < -0.4 is 5.32 Å². The Balaban J connectivity index is 2.33. The Labute approximate surface area is 92.3 Å². The van der Waals surface area contributed by atoms with Crippen LogP contribution in [-0.4, -0.2) is 59.5 Å². The van der Waals surface area contributed by atoms with Crippen molar-refractivity contribution in [3.05, 3.63) is 0 Å². The van der Waals surface area contributed by atoms with Crippen molar-refractivity contribution in [2.75, 3.05) is 26.3 Å². The zero-order valence-corrected chi connectivity index (χ0v) is 9.82. The molecule has 1 rings (SSSR count). The van der Waals surface area contributed by atoms with E-state index in [-0.39, 0.29) is 19.3 Å². The fourth-order valence-corrected chi connectivity index (χ4v) is 2.34. The maximum absolute atomic E-state index is 8.99. The molecule has 0 aromatic heterocycles. The van der Waals surface area contributed by atoms with E-state index in [9.17, 15) is 0 Å². The lowest BCUT2D eigenvalue weighted by Gasteiger charge is -2.38. The zero-order chi connectivity index (χ0) is 11.3. The standard InChI is InChI=1S/C11H24N2O2/c1-3-13-5-4-10(6-9(13)2)12-11(7-14)8-15/h9-12,14-15H,3-8H2,1-2H3. The van der Waals surface area contributed by atoms with Crippen molar-refractivity contribution in [2.24, 2.45) is 0 Å². The molecule has 15 heavy (non-hydrogen) atoms. The molecule has 1 saturated heterocycles. The van der Waals surface area contributed by atoms with Gasteiger partial charge in [0.15, 0.2) is 0 Å². The second-order valence-electron chi connectivity index (χ2n) is 4.43. The largest absolute Gasteiger partial charge is 0.395 e. The first-order chi connectivity index (χ1) is 7.21. The van der Waals surface area contributed by atoms with Gasteiger partial charge in [-0.05, 0) is 32.9 Å². The summed E-state index contributed by atoms with van der Waals surface area (Å²) in [6, 6.07) is 0.877. The van der Waals surface area contributed by atoms with Crippen LogP contribution in [0.3, 0.4) is 0 Å². The average molecular weight is 216 g/mol. The van der Waals surface area contributed by atoms with Crippen molar-refractivity contribution in [1.82, 2.24) is 10.2 Å². The van der Waals surface area contributed by atoms with Gasteiger partial charge in [-0.1, -0.05) is 6.92 Å². The second kappa shape index (κ2) is 6.43. The SMILES string of the molecule is CCN1CCC(NC(CO)CO)CC1C. The minimum absolute atomic E-state index is 0.0128. The average Bonchev–Trinajstić information content (AvgIpc) is 2.26. The van der Waals surface area contributed by atoms with Crippen LogP contribution in [0.15, 0.2) is 0 Å². The summed E-state index contributed by atoms with van der Waals surface area (Å²) < 4.78 is 0. The predicted octanol–water partition coefficient (Wildman–Crippen LogP) is -0.198. The number of aliphatic hydroxyl groups is 2. The first-order valence-corrected chi connectivity index (χ1v) is 5.93. The molecule has 4 heteroatoms. The Kier molecular flexibility index (Phi) is 5.53. The first-order valence-electron chi connectivity index (χ1n) is 5.93. The molecule has 90 valence electrons. The van der Waals surface area contributed by atoms with Gasteiger partial charge in [0.2, 0.25) is 0 Å². The quantitative estimate of drug-likeness (QED) is 0.596. The highest BCUT2D eigenvalue weighted by atomic mass is 16.3. The summed E-state index contributed by atoms with van der Waals surface area (Å²) in [5, 5.41) is 21.3. The third kappa shape index (κ3) is 3.72. The molecule has 2 unspecified atom stereocenters. The number of nitrogens with one attached hydrogen (secondary N) is 1. The van der Waals surface area contributed by atoms with Crippen LogP contribution in [0.2, 0.25) is 0 Å². The molecule has 3 N–H and O–H groups in total. The van der Waals surface area contributed by atoms with Crippen LogP contribution in [0.1, 0.15) is 26.7 Å². The molecule has 0 spiro atoms. The summed E-state index contributed by atoms with van der Waals surface area (Å²) in [5.41, 5.74) is 0. The molecule has 2 atom stereocenters. The van der Waals surface area contributed by atoms with E-state index in [1.807, 2.05) is 0 Å². The highest BCUT2D eigenvalue weighted by molar-refractivity contribution is 4.84. The Hall–Kier alpha value is -0.160. The van der Waals surface area contributed by atoms with Gasteiger partial charge in [0.1, 0.15) is 0 Å². The van der Waals surface area contributed by atoms with Crippen molar-refractivity contribution < 1.29 is 10.2 Å². The summed E-state index contributed by atoms with van der Waals surface area (Å²) >= 11 is 0. The molecule has 1 aliphatic heterocycles. The minimum atomic E-state index is -0.157. The molecular weight excluding hydrogens is 192 g/mol. The number of aliphatic hydroxyl groups excluding tert-OH is 2. The van der Waals surface area contributed by atoms with Crippen LogP contribution in [0.4, 0.5) is 0 Å². The first kappa shape index (κ1) is 12.9. The Morgan fingerprint density at radius 3 is 2.53 bits per heavy atom.